The van der Waals surface area contributed by atoms with Gasteiger partial charge in [-0.1, -0.05) is 6.07 Å². The predicted molar refractivity (Wildman–Crippen MR) is 62.3 cm³/mol. The Kier molecular flexibility index (Phi) is 3.24. The van der Waals surface area contributed by atoms with Crippen molar-refractivity contribution in [1.82, 2.24) is 0 Å². The molecule has 2 rings (SSSR count). The molecule has 2 aromatic carbocycles. The van der Waals surface area contributed by atoms with Crippen molar-refractivity contribution >= 4 is 0 Å². The van der Waals surface area contributed by atoms with Gasteiger partial charge in [-0.05, 0) is 36.8 Å². The molecule has 0 unspecified atom stereocenters. The third kappa shape index (κ3) is 2.64. The van der Waals surface area contributed by atoms with E-state index in [-0.39, 0.29) is 17.1 Å². The zero-order chi connectivity index (χ0) is 13.1. The highest BCUT2D eigenvalue weighted by Crippen LogP contribution is 2.26. The van der Waals surface area contributed by atoms with Crippen LogP contribution >= 0.6 is 0 Å². The van der Waals surface area contributed by atoms with Crippen LogP contribution in [0.4, 0.5) is 8.78 Å². The number of rotatable bonds is 2. The molecule has 0 radical (unpaired) electrons. The Hall–Kier alpha value is -2.41. The normalized spacial score (nSPS) is 9.89. The lowest BCUT2D eigenvalue weighted by molar-refractivity contribution is 0.438. The predicted octanol–water partition coefficient (Wildman–Crippen LogP) is 3.94. The molecule has 0 saturated heterocycles. The Morgan fingerprint density at radius 2 is 1.89 bits per heavy atom. The number of benzene rings is 2. The van der Waals surface area contributed by atoms with Crippen LogP contribution in [0.3, 0.4) is 0 Å². The molecule has 2 nitrogen and oxygen atoms in total. The van der Waals surface area contributed by atoms with E-state index in [2.05, 4.69) is 0 Å². The highest BCUT2D eigenvalue weighted by Gasteiger charge is 2.07. The highest BCUT2D eigenvalue weighted by atomic mass is 19.1. The molecule has 0 aliphatic carbocycles. The second kappa shape index (κ2) is 4.84. The fourth-order valence-electron chi connectivity index (χ4n) is 1.50. The second-order valence-electron chi connectivity index (χ2n) is 3.82. The monoisotopic (exact) mass is 245 g/mol. The van der Waals surface area contributed by atoms with Crippen molar-refractivity contribution in [3.05, 3.63) is 59.2 Å². The summed E-state index contributed by atoms with van der Waals surface area (Å²) in [5.74, 6) is -1.04. The van der Waals surface area contributed by atoms with E-state index in [1.54, 1.807) is 19.1 Å². The van der Waals surface area contributed by atoms with Crippen LogP contribution in [0.2, 0.25) is 0 Å². The van der Waals surface area contributed by atoms with Crippen LogP contribution in [0.5, 0.6) is 11.5 Å². The van der Waals surface area contributed by atoms with Crippen molar-refractivity contribution in [3.8, 4) is 17.6 Å². The fraction of sp³-hybridized carbons (Fsp3) is 0.0714. The van der Waals surface area contributed by atoms with Gasteiger partial charge < -0.3 is 4.74 Å². The Morgan fingerprint density at radius 1 is 1.11 bits per heavy atom. The molecule has 0 atom stereocenters. The van der Waals surface area contributed by atoms with E-state index in [4.69, 9.17) is 10.00 Å². The van der Waals surface area contributed by atoms with E-state index >= 15 is 0 Å². The summed E-state index contributed by atoms with van der Waals surface area (Å²) in [6.45, 7) is 1.79. The van der Waals surface area contributed by atoms with Gasteiger partial charge in [-0.15, -0.1) is 0 Å². The zero-order valence-electron chi connectivity index (χ0n) is 9.58. The number of hydrogen-bond acceptors (Lipinski definition) is 2. The summed E-state index contributed by atoms with van der Waals surface area (Å²) in [5.41, 5.74) is 0.946. The smallest absolute Gasteiger partial charge is 0.165 e. The first kappa shape index (κ1) is 12.1. The lowest BCUT2D eigenvalue weighted by atomic mass is 10.2. The van der Waals surface area contributed by atoms with Crippen molar-refractivity contribution in [2.75, 3.05) is 0 Å². The van der Waals surface area contributed by atoms with Gasteiger partial charge in [0.1, 0.15) is 11.6 Å². The van der Waals surface area contributed by atoms with Crippen molar-refractivity contribution < 1.29 is 13.5 Å². The lowest BCUT2D eigenvalue weighted by Gasteiger charge is -2.08. The number of halogens is 2. The molecule has 0 aliphatic rings. The van der Waals surface area contributed by atoms with Crippen LogP contribution in [0.25, 0.3) is 0 Å². The van der Waals surface area contributed by atoms with E-state index in [0.29, 0.717) is 0 Å². The van der Waals surface area contributed by atoms with Crippen molar-refractivity contribution in [1.29, 1.82) is 5.26 Å². The SMILES string of the molecule is Cc1ccc(F)c(Oc2cc(F)cc(C#N)c2)c1. The summed E-state index contributed by atoms with van der Waals surface area (Å²) in [6.07, 6.45) is 0. The summed E-state index contributed by atoms with van der Waals surface area (Å²) in [7, 11) is 0. The van der Waals surface area contributed by atoms with E-state index in [1.165, 1.54) is 18.2 Å². The Balaban J connectivity index is 2.37. The first-order valence-electron chi connectivity index (χ1n) is 5.23. The molecule has 90 valence electrons. The number of aryl methyl sites for hydroxylation is 1. The molecular formula is C14H9F2NO. The molecule has 0 aliphatic heterocycles. The quantitative estimate of drug-likeness (QED) is 0.802. The van der Waals surface area contributed by atoms with E-state index in [1.807, 2.05) is 0 Å². The van der Waals surface area contributed by atoms with Crippen LogP contribution in [-0.2, 0) is 0 Å². The number of ether oxygens (including phenoxy) is 1. The summed E-state index contributed by atoms with van der Waals surface area (Å²) in [5, 5.41) is 8.70. The summed E-state index contributed by atoms with van der Waals surface area (Å²) < 4.78 is 31.9. The molecule has 4 heteroatoms. The van der Waals surface area contributed by atoms with Gasteiger partial charge in [0.15, 0.2) is 11.6 Å². The van der Waals surface area contributed by atoms with Gasteiger partial charge in [0.05, 0.1) is 11.6 Å². The van der Waals surface area contributed by atoms with Gasteiger partial charge in [-0.25, -0.2) is 8.78 Å². The van der Waals surface area contributed by atoms with Crippen molar-refractivity contribution in [2.24, 2.45) is 0 Å². The van der Waals surface area contributed by atoms with Gasteiger partial charge in [0.25, 0.3) is 0 Å². The molecule has 2 aromatic rings. The third-order valence-electron chi connectivity index (χ3n) is 2.31. The minimum absolute atomic E-state index is 0.00416. The molecule has 0 spiro atoms. The van der Waals surface area contributed by atoms with Gasteiger partial charge in [-0.3, -0.25) is 0 Å². The molecule has 0 fully saturated rings. The summed E-state index contributed by atoms with van der Waals surface area (Å²) in [4.78, 5) is 0. The maximum absolute atomic E-state index is 13.5. The molecule has 18 heavy (non-hydrogen) atoms. The Bertz CT molecular complexity index is 632. The first-order chi connectivity index (χ1) is 8.58. The highest BCUT2D eigenvalue weighted by molar-refractivity contribution is 5.40. The molecule has 0 bridgehead atoms. The van der Waals surface area contributed by atoms with Crippen molar-refractivity contribution in [3.63, 3.8) is 0 Å². The molecule has 0 saturated carbocycles. The van der Waals surface area contributed by atoms with E-state index in [0.717, 1.165) is 17.7 Å². The second-order valence-corrected chi connectivity index (χ2v) is 3.82. The molecular weight excluding hydrogens is 236 g/mol. The topological polar surface area (TPSA) is 33.0 Å². The summed E-state index contributed by atoms with van der Waals surface area (Å²) in [6, 6.07) is 9.73. The van der Waals surface area contributed by atoms with Gasteiger partial charge in [0, 0.05) is 6.07 Å². The number of hydrogen-bond donors (Lipinski definition) is 0. The maximum Gasteiger partial charge on any atom is 0.165 e. The minimum Gasteiger partial charge on any atom is -0.454 e. The molecule has 0 heterocycles. The van der Waals surface area contributed by atoms with Gasteiger partial charge in [0.2, 0.25) is 0 Å². The average molecular weight is 245 g/mol. The van der Waals surface area contributed by atoms with Crippen LogP contribution in [0.1, 0.15) is 11.1 Å². The Labute approximate surface area is 103 Å². The first-order valence-corrected chi connectivity index (χ1v) is 5.23. The lowest BCUT2D eigenvalue weighted by Crippen LogP contribution is -1.91. The molecule has 0 N–H and O–H groups in total. The van der Waals surface area contributed by atoms with Gasteiger partial charge in [-0.2, -0.15) is 5.26 Å². The summed E-state index contributed by atoms with van der Waals surface area (Å²) >= 11 is 0. The van der Waals surface area contributed by atoms with E-state index in [9.17, 15) is 8.78 Å². The standard InChI is InChI=1S/C14H9F2NO/c1-9-2-3-13(16)14(4-9)18-12-6-10(8-17)5-11(15)7-12/h2-7H,1H3. The van der Waals surface area contributed by atoms with Crippen LogP contribution in [0, 0.1) is 29.9 Å². The average Bonchev–Trinajstić information content (AvgIpc) is 2.33. The van der Waals surface area contributed by atoms with Crippen LogP contribution in [-0.4, -0.2) is 0 Å². The zero-order valence-corrected chi connectivity index (χ0v) is 9.58. The maximum atomic E-state index is 13.5. The van der Waals surface area contributed by atoms with Gasteiger partial charge >= 0.3 is 0 Å². The minimum atomic E-state index is -0.600. The number of nitriles is 1. The van der Waals surface area contributed by atoms with E-state index < -0.39 is 11.6 Å². The number of nitrogens with zero attached hydrogens (tertiary/aromatic N) is 1. The van der Waals surface area contributed by atoms with Crippen LogP contribution < -0.4 is 4.74 Å². The third-order valence-corrected chi connectivity index (χ3v) is 2.31. The largest absolute Gasteiger partial charge is 0.454 e. The van der Waals surface area contributed by atoms with Crippen LogP contribution in [0.15, 0.2) is 36.4 Å². The molecule has 0 amide bonds. The molecule has 0 aromatic heterocycles. The Morgan fingerprint density at radius 3 is 2.61 bits per heavy atom. The van der Waals surface area contributed by atoms with Crippen molar-refractivity contribution in [2.45, 2.75) is 6.92 Å². The fourth-order valence-corrected chi connectivity index (χ4v) is 1.50.